The van der Waals surface area contributed by atoms with Gasteiger partial charge in [-0.25, -0.2) is 0 Å². The molecule has 26 heavy (non-hydrogen) atoms. The number of aryl methyl sites for hydroxylation is 1. The van der Waals surface area contributed by atoms with Gasteiger partial charge in [0.1, 0.15) is 0 Å². The molecule has 1 saturated heterocycles. The van der Waals surface area contributed by atoms with E-state index in [0.717, 1.165) is 32.0 Å². The zero-order valence-electron chi connectivity index (χ0n) is 15.9. The minimum Gasteiger partial charge on any atom is -0.355 e. The van der Waals surface area contributed by atoms with E-state index in [1.807, 2.05) is 25.0 Å². The van der Waals surface area contributed by atoms with Gasteiger partial charge in [-0.05, 0) is 30.4 Å². The first-order valence-electron chi connectivity index (χ1n) is 9.70. The highest BCUT2D eigenvalue weighted by Crippen LogP contribution is 2.43. The largest absolute Gasteiger partial charge is 0.355 e. The van der Waals surface area contributed by atoms with Gasteiger partial charge in [-0.2, -0.15) is 5.10 Å². The van der Waals surface area contributed by atoms with E-state index in [1.54, 1.807) is 0 Å². The summed E-state index contributed by atoms with van der Waals surface area (Å²) in [5.41, 5.74) is 3.08. The van der Waals surface area contributed by atoms with Crippen LogP contribution in [0.1, 0.15) is 42.7 Å². The smallest absolute Gasteiger partial charge is 0.193 e. The molecule has 2 heterocycles. The maximum atomic E-state index is 4.57. The lowest BCUT2D eigenvalue weighted by atomic mass is 9.64. The molecule has 4 rings (SSSR count). The number of aromatic nitrogens is 2. The molecule has 0 amide bonds. The fourth-order valence-corrected chi connectivity index (χ4v) is 4.42. The second-order valence-electron chi connectivity index (χ2n) is 7.78. The monoisotopic (exact) mass is 351 g/mol. The molecule has 2 aromatic rings. The topological polar surface area (TPSA) is 45.5 Å². The highest BCUT2D eigenvalue weighted by molar-refractivity contribution is 5.80. The van der Waals surface area contributed by atoms with Crippen LogP contribution < -0.4 is 5.32 Å². The van der Waals surface area contributed by atoms with Crippen LogP contribution in [0.4, 0.5) is 0 Å². The van der Waals surface area contributed by atoms with Gasteiger partial charge in [-0.1, -0.05) is 36.8 Å². The molecule has 0 bridgehead atoms. The SMILES string of the molecule is CN=C(NCC1(c2ccccc2)CCC1)N1CCC(c2cnn(C)c2)C1. The summed E-state index contributed by atoms with van der Waals surface area (Å²) in [4.78, 5) is 6.97. The molecule has 1 aliphatic carbocycles. The summed E-state index contributed by atoms with van der Waals surface area (Å²) in [7, 11) is 3.88. The number of aliphatic imine (C=N–C) groups is 1. The van der Waals surface area contributed by atoms with Gasteiger partial charge in [0.05, 0.1) is 6.20 Å². The number of nitrogens with one attached hydrogen (secondary N) is 1. The second kappa shape index (κ2) is 7.14. The number of rotatable bonds is 4. The van der Waals surface area contributed by atoms with E-state index >= 15 is 0 Å². The van der Waals surface area contributed by atoms with Crippen molar-refractivity contribution in [2.24, 2.45) is 12.0 Å². The maximum Gasteiger partial charge on any atom is 0.193 e. The van der Waals surface area contributed by atoms with Gasteiger partial charge in [0.2, 0.25) is 0 Å². The zero-order valence-corrected chi connectivity index (χ0v) is 15.9. The summed E-state index contributed by atoms with van der Waals surface area (Å²) in [5, 5.41) is 8.01. The fraction of sp³-hybridized carbons (Fsp3) is 0.524. The Morgan fingerprint density at radius 2 is 2.12 bits per heavy atom. The van der Waals surface area contributed by atoms with Crippen LogP contribution in [0.2, 0.25) is 0 Å². The van der Waals surface area contributed by atoms with Crippen molar-refractivity contribution in [1.82, 2.24) is 20.0 Å². The Morgan fingerprint density at radius 3 is 2.73 bits per heavy atom. The normalized spacial score (nSPS) is 22.3. The van der Waals surface area contributed by atoms with E-state index in [-0.39, 0.29) is 5.41 Å². The van der Waals surface area contributed by atoms with Crippen LogP contribution in [0.15, 0.2) is 47.7 Å². The Balaban J connectivity index is 1.39. The molecule has 1 aliphatic heterocycles. The Bertz CT molecular complexity index is 760. The fourth-order valence-electron chi connectivity index (χ4n) is 4.42. The van der Waals surface area contributed by atoms with Gasteiger partial charge in [0, 0.05) is 51.3 Å². The van der Waals surface area contributed by atoms with Gasteiger partial charge in [0.15, 0.2) is 5.96 Å². The molecule has 5 nitrogen and oxygen atoms in total. The summed E-state index contributed by atoms with van der Waals surface area (Å²) in [6, 6.07) is 11.0. The molecule has 1 saturated carbocycles. The van der Waals surface area contributed by atoms with Crippen molar-refractivity contribution in [1.29, 1.82) is 0 Å². The van der Waals surface area contributed by atoms with Crippen molar-refractivity contribution in [2.45, 2.75) is 37.0 Å². The maximum absolute atomic E-state index is 4.57. The Kier molecular flexibility index (Phi) is 4.70. The van der Waals surface area contributed by atoms with E-state index in [9.17, 15) is 0 Å². The quantitative estimate of drug-likeness (QED) is 0.680. The second-order valence-corrected chi connectivity index (χ2v) is 7.78. The molecular weight excluding hydrogens is 322 g/mol. The summed E-state index contributed by atoms with van der Waals surface area (Å²) < 4.78 is 1.89. The van der Waals surface area contributed by atoms with Crippen LogP contribution in [0.5, 0.6) is 0 Å². The van der Waals surface area contributed by atoms with E-state index in [1.165, 1.54) is 30.4 Å². The molecule has 0 radical (unpaired) electrons. The van der Waals surface area contributed by atoms with Crippen LogP contribution in [-0.4, -0.2) is 47.3 Å². The Labute approximate surface area is 156 Å². The highest BCUT2D eigenvalue weighted by atomic mass is 15.3. The van der Waals surface area contributed by atoms with Gasteiger partial charge in [-0.15, -0.1) is 0 Å². The number of benzene rings is 1. The third-order valence-electron chi connectivity index (χ3n) is 6.18. The Hall–Kier alpha value is -2.30. The molecule has 1 unspecified atom stereocenters. The molecule has 1 aromatic carbocycles. The first-order valence-corrected chi connectivity index (χ1v) is 9.70. The molecule has 0 spiro atoms. The van der Waals surface area contributed by atoms with Crippen molar-refractivity contribution in [2.75, 3.05) is 26.7 Å². The summed E-state index contributed by atoms with van der Waals surface area (Å²) in [6.07, 6.45) is 9.16. The Morgan fingerprint density at radius 1 is 1.31 bits per heavy atom. The minimum absolute atomic E-state index is 0.277. The molecule has 1 aromatic heterocycles. The van der Waals surface area contributed by atoms with Crippen LogP contribution in [0, 0.1) is 0 Å². The minimum atomic E-state index is 0.277. The van der Waals surface area contributed by atoms with E-state index in [2.05, 4.69) is 56.8 Å². The van der Waals surface area contributed by atoms with Gasteiger partial charge < -0.3 is 10.2 Å². The molecule has 1 atom stereocenters. The molecule has 2 aliphatic rings. The van der Waals surface area contributed by atoms with Gasteiger partial charge in [0.25, 0.3) is 0 Å². The predicted molar refractivity (Wildman–Crippen MR) is 105 cm³/mol. The molecule has 2 fully saturated rings. The highest BCUT2D eigenvalue weighted by Gasteiger charge is 2.39. The summed E-state index contributed by atoms with van der Waals surface area (Å²) >= 11 is 0. The van der Waals surface area contributed by atoms with Crippen LogP contribution in [0.3, 0.4) is 0 Å². The summed E-state index contributed by atoms with van der Waals surface area (Å²) in [6.45, 7) is 3.04. The molecular formula is C21H29N5. The lowest BCUT2D eigenvalue weighted by molar-refractivity contribution is 0.241. The third kappa shape index (κ3) is 3.22. The number of guanidine groups is 1. The van der Waals surface area contributed by atoms with Crippen molar-refractivity contribution >= 4 is 5.96 Å². The third-order valence-corrected chi connectivity index (χ3v) is 6.18. The van der Waals surface area contributed by atoms with E-state index in [0.29, 0.717) is 5.92 Å². The summed E-state index contributed by atoms with van der Waals surface area (Å²) in [5.74, 6) is 1.59. The van der Waals surface area contributed by atoms with Crippen LogP contribution in [-0.2, 0) is 12.5 Å². The number of nitrogens with zero attached hydrogens (tertiary/aromatic N) is 4. The number of likely N-dealkylation sites (tertiary alicyclic amines) is 1. The lowest BCUT2D eigenvalue weighted by Crippen LogP contribution is -2.49. The molecule has 138 valence electrons. The zero-order chi connectivity index (χ0) is 18.0. The average molecular weight is 351 g/mol. The first-order chi connectivity index (χ1) is 12.7. The standard InChI is InChI=1S/C21H29N5/c1-22-20(26-12-9-17(15-26)18-13-24-25(2)14-18)23-16-21(10-6-11-21)19-7-4-3-5-8-19/h3-5,7-8,13-14,17H,6,9-12,15-16H2,1-2H3,(H,22,23). The van der Waals surface area contributed by atoms with Crippen molar-refractivity contribution < 1.29 is 0 Å². The van der Waals surface area contributed by atoms with Crippen molar-refractivity contribution in [3.8, 4) is 0 Å². The lowest BCUT2D eigenvalue weighted by Gasteiger charge is -2.43. The van der Waals surface area contributed by atoms with Crippen LogP contribution >= 0.6 is 0 Å². The average Bonchev–Trinajstić information content (AvgIpc) is 3.27. The predicted octanol–water partition coefficient (Wildman–Crippen LogP) is 2.91. The van der Waals surface area contributed by atoms with Crippen molar-refractivity contribution in [3.63, 3.8) is 0 Å². The van der Waals surface area contributed by atoms with Gasteiger partial charge >= 0.3 is 0 Å². The van der Waals surface area contributed by atoms with E-state index < -0.39 is 0 Å². The molecule has 5 heteroatoms. The van der Waals surface area contributed by atoms with Crippen LogP contribution in [0.25, 0.3) is 0 Å². The molecule has 1 N–H and O–H groups in total. The van der Waals surface area contributed by atoms with E-state index in [4.69, 9.17) is 0 Å². The first kappa shape index (κ1) is 17.1. The van der Waals surface area contributed by atoms with Gasteiger partial charge in [-0.3, -0.25) is 9.67 Å². The van der Waals surface area contributed by atoms with Crippen molar-refractivity contribution in [3.05, 3.63) is 53.9 Å². The number of hydrogen-bond acceptors (Lipinski definition) is 2. The number of hydrogen-bond donors (Lipinski definition) is 1.